The molecule has 0 aromatic heterocycles. The van der Waals surface area contributed by atoms with E-state index in [1.165, 1.54) is 0 Å². The minimum Gasteiger partial charge on any atom is -0.480 e. The lowest BCUT2D eigenvalue weighted by Crippen LogP contribution is -2.42. The average molecular weight is 272 g/mol. The van der Waals surface area contributed by atoms with Crippen LogP contribution in [0.25, 0.3) is 0 Å². The van der Waals surface area contributed by atoms with Gasteiger partial charge in [-0.3, -0.25) is 9.59 Å². The van der Waals surface area contributed by atoms with Gasteiger partial charge in [-0.2, -0.15) is 0 Å². The standard InChI is InChI=1S/C13H24N2O4/c1-4-7-14-11(16)5-6-12(17)15-10(13(18)19)8-9(2)3/h9-10H,4-8H2,1-3H3,(H,14,16)(H,15,17)(H,18,19). The van der Waals surface area contributed by atoms with Crippen molar-refractivity contribution in [1.82, 2.24) is 10.6 Å². The first-order valence-corrected chi connectivity index (χ1v) is 6.65. The molecule has 0 aliphatic carbocycles. The minimum atomic E-state index is -1.04. The molecule has 110 valence electrons. The van der Waals surface area contributed by atoms with Crippen molar-refractivity contribution in [1.29, 1.82) is 0 Å². The van der Waals surface area contributed by atoms with Gasteiger partial charge in [-0.05, 0) is 18.8 Å². The molecule has 0 aromatic carbocycles. The summed E-state index contributed by atoms with van der Waals surface area (Å²) in [4.78, 5) is 33.8. The first-order chi connectivity index (χ1) is 8.86. The third-order valence-corrected chi connectivity index (χ3v) is 2.49. The molecule has 19 heavy (non-hydrogen) atoms. The monoisotopic (exact) mass is 272 g/mol. The van der Waals surface area contributed by atoms with Crippen molar-refractivity contribution in [3.63, 3.8) is 0 Å². The summed E-state index contributed by atoms with van der Waals surface area (Å²) in [6.45, 7) is 6.31. The molecule has 0 saturated carbocycles. The summed E-state index contributed by atoms with van der Waals surface area (Å²) in [5, 5.41) is 14.1. The number of rotatable bonds is 9. The average Bonchev–Trinajstić information content (AvgIpc) is 2.32. The highest BCUT2D eigenvalue weighted by atomic mass is 16.4. The molecule has 0 radical (unpaired) electrons. The molecule has 0 heterocycles. The summed E-state index contributed by atoms with van der Waals surface area (Å²) in [7, 11) is 0. The Kier molecular flexibility index (Phi) is 8.57. The smallest absolute Gasteiger partial charge is 0.326 e. The highest BCUT2D eigenvalue weighted by molar-refractivity contribution is 5.86. The zero-order chi connectivity index (χ0) is 14.8. The van der Waals surface area contributed by atoms with Gasteiger partial charge in [0.15, 0.2) is 0 Å². The molecule has 1 atom stereocenters. The number of aliphatic carboxylic acids is 1. The van der Waals surface area contributed by atoms with Crippen LogP contribution >= 0.6 is 0 Å². The fourth-order valence-corrected chi connectivity index (χ4v) is 1.54. The van der Waals surface area contributed by atoms with Crippen LogP contribution in [0.1, 0.15) is 46.5 Å². The van der Waals surface area contributed by atoms with Crippen molar-refractivity contribution >= 4 is 17.8 Å². The fourth-order valence-electron chi connectivity index (χ4n) is 1.54. The van der Waals surface area contributed by atoms with E-state index < -0.39 is 17.9 Å². The highest BCUT2D eigenvalue weighted by Gasteiger charge is 2.21. The lowest BCUT2D eigenvalue weighted by atomic mass is 10.0. The molecule has 1 unspecified atom stereocenters. The van der Waals surface area contributed by atoms with E-state index in [0.717, 1.165) is 6.42 Å². The van der Waals surface area contributed by atoms with E-state index in [9.17, 15) is 14.4 Å². The number of carboxylic acids is 1. The van der Waals surface area contributed by atoms with Crippen LogP contribution in [0.15, 0.2) is 0 Å². The summed E-state index contributed by atoms with van der Waals surface area (Å²) >= 11 is 0. The number of carbonyl (C=O) groups is 3. The highest BCUT2D eigenvalue weighted by Crippen LogP contribution is 2.05. The Hall–Kier alpha value is -1.59. The summed E-state index contributed by atoms with van der Waals surface area (Å²) in [6.07, 6.45) is 1.31. The van der Waals surface area contributed by atoms with Gasteiger partial charge in [0.2, 0.25) is 11.8 Å². The molecule has 0 aromatic rings. The third-order valence-electron chi connectivity index (χ3n) is 2.49. The van der Waals surface area contributed by atoms with E-state index in [1.54, 1.807) is 0 Å². The van der Waals surface area contributed by atoms with E-state index in [1.807, 2.05) is 20.8 Å². The molecule has 0 fully saturated rings. The Morgan fingerprint density at radius 1 is 1.11 bits per heavy atom. The molecule has 0 rings (SSSR count). The molecule has 0 aliphatic heterocycles. The second kappa shape index (κ2) is 9.35. The molecular weight excluding hydrogens is 248 g/mol. The first kappa shape index (κ1) is 17.4. The SMILES string of the molecule is CCCNC(=O)CCC(=O)NC(CC(C)C)C(=O)O. The molecule has 6 nitrogen and oxygen atoms in total. The number of hydrogen-bond acceptors (Lipinski definition) is 3. The van der Waals surface area contributed by atoms with Crippen LogP contribution in [0.5, 0.6) is 0 Å². The maximum atomic E-state index is 11.6. The van der Waals surface area contributed by atoms with Gasteiger partial charge in [0, 0.05) is 19.4 Å². The Morgan fingerprint density at radius 2 is 1.68 bits per heavy atom. The predicted octanol–water partition coefficient (Wildman–Crippen LogP) is 0.908. The van der Waals surface area contributed by atoms with Crippen molar-refractivity contribution in [2.24, 2.45) is 5.92 Å². The summed E-state index contributed by atoms with van der Waals surface area (Å²) < 4.78 is 0. The first-order valence-electron chi connectivity index (χ1n) is 6.65. The fraction of sp³-hybridized carbons (Fsp3) is 0.769. The van der Waals surface area contributed by atoms with Crippen molar-refractivity contribution in [3.05, 3.63) is 0 Å². The van der Waals surface area contributed by atoms with E-state index in [0.29, 0.717) is 13.0 Å². The van der Waals surface area contributed by atoms with Gasteiger partial charge in [0.05, 0.1) is 0 Å². The van der Waals surface area contributed by atoms with Crippen LogP contribution < -0.4 is 10.6 Å². The van der Waals surface area contributed by atoms with Gasteiger partial charge < -0.3 is 15.7 Å². The molecule has 0 saturated heterocycles. The Labute approximate surface area is 113 Å². The van der Waals surface area contributed by atoms with Crippen LogP contribution in [-0.4, -0.2) is 35.5 Å². The van der Waals surface area contributed by atoms with Crippen molar-refractivity contribution < 1.29 is 19.5 Å². The molecule has 0 aliphatic rings. The maximum absolute atomic E-state index is 11.6. The van der Waals surface area contributed by atoms with Gasteiger partial charge >= 0.3 is 5.97 Å². The largest absolute Gasteiger partial charge is 0.480 e. The normalized spacial score (nSPS) is 12.0. The zero-order valence-corrected chi connectivity index (χ0v) is 11.9. The number of hydrogen-bond donors (Lipinski definition) is 3. The molecule has 6 heteroatoms. The van der Waals surface area contributed by atoms with Crippen LogP contribution in [0, 0.1) is 5.92 Å². The Bertz CT molecular complexity index is 316. The van der Waals surface area contributed by atoms with Gasteiger partial charge in [0.25, 0.3) is 0 Å². The number of nitrogens with one attached hydrogen (secondary N) is 2. The lowest BCUT2D eigenvalue weighted by Gasteiger charge is -2.16. The maximum Gasteiger partial charge on any atom is 0.326 e. The molecule has 2 amide bonds. The van der Waals surface area contributed by atoms with Crippen LogP contribution in [0.3, 0.4) is 0 Å². The summed E-state index contributed by atoms with van der Waals surface area (Å²) in [5.41, 5.74) is 0. The Balaban J connectivity index is 4.06. The summed E-state index contributed by atoms with van der Waals surface area (Å²) in [6, 6.07) is -0.883. The number of carbonyl (C=O) groups excluding carboxylic acids is 2. The van der Waals surface area contributed by atoms with E-state index in [2.05, 4.69) is 10.6 Å². The second-order valence-corrected chi connectivity index (χ2v) is 4.94. The summed E-state index contributed by atoms with van der Waals surface area (Å²) in [5.74, 6) is -1.46. The second-order valence-electron chi connectivity index (χ2n) is 4.94. The topological polar surface area (TPSA) is 95.5 Å². The van der Waals surface area contributed by atoms with E-state index in [4.69, 9.17) is 5.11 Å². The minimum absolute atomic E-state index is 0.0113. The Morgan fingerprint density at radius 3 is 2.16 bits per heavy atom. The quantitative estimate of drug-likeness (QED) is 0.581. The van der Waals surface area contributed by atoms with Gasteiger partial charge in [0.1, 0.15) is 6.04 Å². The molecule has 3 N–H and O–H groups in total. The van der Waals surface area contributed by atoms with Crippen molar-refractivity contribution in [2.75, 3.05) is 6.54 Å². The number of carboxylic acid groups (broad SMARTS) is 1. The van der Waals surface area contributed by atoms with Gasteiger partial charge in [-0.15, -0.1) is 0 Å². The van der Waals surface area contributed by atoms with Crippen LogP contribution in [0.4, 0.5) is 0 Å². The lowest BCUT2D eigenvalue weighted by molar-refractivity contribution is -0.142. The predicted molar refractivity (Wildman–Crippen MR) is 71.6 cm³/mol. The third kappa shape index (κ3) is 9.04. The van der Waals surface area contributed by atoms with Gasteiger partial charge in [-0.1, -0.05) is 20.8 Å². The van der Waals surface area contributed by atoms with E-state index >= 15 is 0 Å². The van der Waals surface area contributed by atoms with Gasteiger partial charge in [-0.25, -0.2) is 4.79 Å². The molecule has 0 spiro atoms. The van der Waals surface area contributed by atoms with Crippen molar-refractivity contribution in [2.45, 2.75) is 52.5 Å². The van der Waals surface area contributed by atoms with E-state index in [-0.39, 0.29) is 24.7 Å². The van der Waals surface area contributed by atoms with Crippen molar-refractivity contribution in [3.8, 4) is 0 Å². The molecule has 0 bridgehead atoms. The van der Waals surface area contributed by atoms with Crippen LogP contribution in [-0.2, 0) is 14.4 Å². The molecular formula is C13H24N2O4. The number of amides is 2. The zero-order valence-electron chi connectivity index (χ0n) is 11.9. The van der Waals surface area contributed by atoms with Crippen LogP contribution in [0.2, 0.25) is 0 Å².